The molecule has 8 nitrogen and oxygen atoms in total. The molecule has 0 radical (unpaired) electrons. The predicted molar refractivity (Wildman–Crippen MR) is 111 cm³/mol. The van der Waals surface area contributed by atoms with E-state index in [2.05, 4.69) is 0 Å². The second kappa shape index (κ2) is 8.95. The number of nitrogens with zero attached hydrogens (tertiary/aromatic N) is 3. The maximum Gasteiger partial charge on any atom is 0.277 e. The van der Waals surface area contributed by atoms with Gasteiger partial charge < -0.3 is 4.90 Å². The third kappa shape index (κ3) is 4.33. The van der Waals surface area contributed by atoms with Crippen molar-refractivity contribution in [1.82, 2.24) is 4.90 Å². The summed E-state index contributed by atoms with van der Waals surface area (Å²) in [6.07, 6.45) is 0. The molecule has 0 aliphatic rings. The fourth-order valence-corrected chi connectivity index (χ4v) is 3.36. The van der Waals surface area contributed by atoms with E-state index in [1.54, 1.807) is 11.8 Å². The molecule has 3 aromatic carbocycles. The third-order valence-corrected chi connectivity index (χ3v) is 4.71. The molecule has 3 aromatic rings. The highest BCUT2D eigenvalue weighted by Crippen LogP contribution is 2.31. The molecule has 0 saturated carbocycles. The van der Waals surface area contributed by atoms with E-state index >= 15 is 0 Å². The minimum absolute atomic E-state index is 0.102. The number of nitro groups is 2. The van der Waals surface area contributed by atoms with E-state index in [-0.39, 0.29) is 5.56 Å². The first-order valence-electron chi connectivity index (χ1n) is 9.27. The minimum atomic E-state index is -0.744. The van der Waals surface area contributed by atoms with Crippen LogP contribution in [0.25, 0.3) is 0 Å². The second-order valence-corrected chi connectivity index (χ2v) is 6.57. The zero-order chi connectivity index (χ0) is 21.7. The van der Waals surface area contributed by atoms with E-state index in [9.17, 15) is 25.0 Å². The quantitative estimate of drug-likeness (QED) is 0.416. The number of nitro benzene ring substituents is 2. The van der Waals surface area contributed by atoms with Gasteiger partial charge in [0.1, 0.15) is 0 Å². The number of carbonyl (C=O) groups is 1. The monoisotopic (exact) mass is 405 g/mol. The molecule has 0 unspecified atom stereocenters. The van der Waals surface area contributed by atoms with Gasteiger partial charge in [0.05, 0.1) is 27.5 Å². The van der Waals surface area contributed by atoms with Crippen molar-refractivity contribution >= 4 is 17.3 Å². The lowest BCUT2D eigenvalue weighted by Crippen LogP contribution is -2.35. The standard InChI is InChI=1S/C22H19N3O5/c1-2-23(21(16-9-5-3-6-10-16)17-11-7-4-8-12-17)22(26)18-13-19(24(27)28)15-20(14-18)25(29)30/h3-15,21H,2H2,1H3. The van der Waals surface area contributed by atoms with Gasteiger partial charge in [0, 0.05) is 18.7 Å². The van der Waals surface area contributed by atoms with E-state index < -0.39 is 33.2 Å². The zero-order valence-electron chi connectivity index (χ0n) is 16.2. The summed E-state index contributed by atoms with van der Waals surface area (Å²) in [5, 5.41) is 22.4. The molecular weight excluding hydrogens is 386 g/mol. The van der Waals surface area contributed by atoms with Gasteiger partial charge in [0.15, 0.2) is 0 Å². The van der Waals surface area contributed by atoms with Crippen LogP contribution in [0.2, 0.25) is 0 Å². The lowest BCUT2D eigenvalue weighted by atomic mass is 9.96. The molecule has 0 bridgehead atoms. The zero-order valence-corrected chi connectivity index (χ0v) is 16.2. The molecule has 0 N–H and O–H groups in total. The summed E-state index contributed by atoms with van der Waals surface area (Å²) >= 11 is 0. The molecule has 0 atom stereocenters. The Morgan fingerprint density at radius 3 is 1.63 bits per heavy atom. The highest BCUT2D eigenvalue weighted by Gasteiger charge is 2.29. The molecule has 0 heterocycles. The van der Waals surface area contributed by atoms with Crippen molar-refractivity contribution < 1.29 is 14.6 Å². The normalized spacial score (nSPS) is 10.6. The van der Waals surface area contributed by atoms with E-state index in [4.69, 9.17) is 0 Å². The lowest BCUT2D eigenvalue weighted by Gasteiger charge is -2.32. The second-order valence-electron chi connectivity index (χ2n) is 6.57. The van der Waals surface area contributed by atoms with Crippen LogP contribution >= 0.6 is 0 Å². The van der Waals surface area contributed by atoms with E-state index in [0.717, 1.165) is 29.3 Å². The number of carbonyl (C=O) groups excluding carboxylic acids is 1. The van der Waals surface area contributed by atoms with Gasteiger partial charge in [0.2, 0.25) is 0 Å². The number of hydrogen-bond acceptors (Lipinski definition) is 5. The van der Waals surface area contributed by atoms with Crippen LogP contribution in [0, 0.1) is 20.2 Å². The Morgan fingerprint density at radius 1 is 0.833 bits per heavy atom. The van der Waals surface area contributed by atoms with Crippen LogP contribution in [-0.2, 0) is 0 Å². The molecule has 0 saturated heterocycles. The molecule has 0 aliphatic carbocycles. The molecule has 0 aliphatic heterocycles. The number of benzene rings is 3. The van der Waals surface area contributed by atoms with Gasteiger partial charge >= 0.3 is 0 Å². The van der Waals surface area contributed by atoms with Crippen LogP contribution in [0.5, 0.6) is 0 Å². The van der Waals surface area contributed by atoms with Crippen molar-refractivity contribution in [3.05, 3.63) is 116 Å². The van der Waals surface area contributed by atoms with Crippen molar-refractivity contribution in [3.63, 3.8) is 0 Å². The molecule has 152 valence electrons. The Bertz CT molecular complexity index is 999. The average Bonchev–Trinajstić information content (AvgIpc) is 2.77. The van der Waals surface area contributed by atoms with Crippen LogP contribution in [0.4, 0.5) is 11.4 Å². The summed E-state index contributed by atoms with van der Waals surface area (Å²) in [6, 6.07) is 21.3. The molecule has 0 fully saturated rings. The maximum atomic E-state index is 13.4. The van der Waals surface area contributed by atoms with Crippen molar-refractivity contribution in [2.75, 3.05) is 6.54 Å². The summed E-state index contributed by atoms with van der Waals surface area (Å²) in [6.45, 7) is 2.09. The Morgan fingerprint density at radius 2 is 1.27 bits per heavy atom. The summed E-state index contributed by atoms with van der Waals surface area (Å²) in [5.41, 5.74) is 0.617. The Hall–Kier alpha value is -4.07. The van der Waals surface area contributed by atoms with E-state index in [1.165, 1.54) is 0 Å². The SMILES string of the molecule is CCN(C(=O)c1cc([N+](=O)[O-])cc([N+](=O)[O-])c1)C(c1ccccc1)c1ccccc1. The molecule has 1 amide bonds. The Balaban J connectivity index is 2.12. The molecule has 0 spiro atoms. The number of amides is 1. The molecule has 30 heavy (non-hydrogen) atoms. The van der Waals surface area contributed by atoms with Gasteiger partial charge in [-0.25, -0.2) is 0 Å². The third-order valence-electron chi connectivity index (χ3n) is 4.71. The smallest absolute Gasteiger partial charge is 0.277 e. The van der Waals surface area contributed by atoms with Crippen molar-refractivity contribution in [2.24, 2.45) is 0 Å². The summed E-state index contributed by atoms with van der Waals surface area (Å²) in [5.74, 6) is -0.526. The molecule has 0 aromatic heterocycles. The Kier molecular flexibility index (Phi) is 6.17. The van der Waals surface area contributed by atoms with Crippen LogP contribution in [-0.4, -0.2) is 27.2 Å². The van der Waals surface area contributed by atoms with Crippen molar-refractivity contribution in [1.29, 1.82) is 0 Å². The van der Waals surface area contributed by atoms with Crippen LogP contribution < -0.4 is 0 Å². The average molecular weight is 405 g/mol. The number of non-ortho nitro benzene ring substituents is 2. The van der Waals surface area contributed by atoms with Gasteiger partial charge in [0.25, 0.3) is 17.3 Å². The first-order chi connectivity index (χ1) is 14.4. The number of rotatable bonds is 7. The minimum Gasteiger partial charge on any atom is -0.328 e. The molecule has 3 rings (SSSR count). The maximum absolute atomic E-state index is 13.4. The topological polar surface area (TPSA) is 107 Å². The van der Waals surface area contributed by atoms with Crippen molar-refractivity contribution in [2.45, 2.75) is 13.0 Å². The summed E-state index contributed by atoms with van der Waals surface area (Å²) in [4.78, 5) is 35.9. The fourth-order valence-electron chi connectivity index (χ4n) is 3.36. The fraction of sp³-hybridized carbons (Fsp3) is 0.136. The van der Waals surface area contributed by atoms with Gasteiger partial charge in [-0.1, -0.05) is 60.7 Å². The van der Waals surface area contributed by atoms with Gasteiger partial charge in [-0.15, -0.1) is 0 Å². The van der Waals surface area contributed by atoms with Gasteiger partial charge in [-0.2, -0.15) is 0 Å². The highest BCUT2D eigenvalue weighted by molar-refractivity contribution is 5.96. The van der Waals surface area contributed by atoms with E-state index in [0.29, 0.717) is 6.54 Å². The molecule has 8 heteroatoms. The molecular formula is C22H19N3O5. The van der Waals surface area contributed by atoms with Crippen molar-refractivity contribution in [3.8, 4) is 0 Å². The van der Waals surface area contributed by atoms with Crippen LogP contribution in [0.1, 0.15) is 34.5 Å². The predicted octanol–water partition coefficient (Wildman–Crippen LogP) is 4.75. The largest absolute Gasteiger partial charge is 0.328 e. The highest BCUT2D eigenvalue weighted by atomic mass is 16.6. The first-order valence-corrected chi connectivity index (χ1v) is 9.27. The van der Waals surface area contributed by atoms with Gasteiger partial charge in [-0.05, 0) is 18.1 Å². The summed E-state index contributed by atoms with van der Waals surface area (Å²) in [7, 11) is 0. The van der Waals surface area contributed by atoms with Crippen LogP contribution in [0.3, 0.4) is 0 Å². The summed E-state index contributed by atoms with van der Waals surface area (Å²) < 4.78 is 0. The number of hydrogen-bond donors (Lipinski definition) is 0. The first kappa shape index (κ1) is 20.7. The lowest BCUT2D eigenvalue weighted by molar-refractivity contribution is -0.394. The Labute approximate surface area is 172 Å². The van der Waals surface area contributed by atoms with E-state index in [1.807, 2.05) is 60.7 Å². The van der Waals surface area contributed by atoms with Gasteiger partial charge in [-0.3, -0.25) is 25.0 Å². The van der Waals surface area contributed by atoms with Crippen LogP contribution in [0.15, 0.2) is 78.9 Å².